The zero-order valence-electron chi connectivity index (χ0n) is 11.5. The molecule has 1 aliphatic rings. The van der Waals surface area contributed by atoms with Crippen molar-refractivity contribution in [2.24, 2.45) is 0 Å². The molecule has 1 atom stereocenters. The van der Waals surface area contributed by atoms with E-state index in [1.54, 1.807) is 12.3 Å². The predicted octanol–water partition coefficient (Wildman–Crippen LogP) is 1.37. The van der Waals surface area contributed by atoms with Gasteiger partial charge in [0.25, 0.3) is 0 Å². The van der Waals surface area contributed by atoms with Gasteiger partial charge in [0.2, 0.25) is 5.95 Å². The van der Waals surface area contributed by atoms with Crippen LogP contribution < -0.4 is 10.6 Å². The van der Waals surface area contributed by atoms with Crippen LogP contribution in [0.2, 0.25) is 0 Å². The van der Waals surface area contributed by atoms with Crippen LogP contribution in [0.1, 0.15) is 27.2 Å². The Morgan fingerprint density at radius 1 is 1.44 bits per heavy atom. The summed E-state index contributed by atoms with van der Waals surface area (Å²) in [6, 6.07) is 2.90. The summed E-state index contributed by atoms with van der Waals surface area (Å²) >= 11 is 0. The molecule has 0 spiro atoms. The average Bonchev–Trinajstić information content (AvgIpc) is 2.37. The van der Waals surface area contributed by atoms with E-state index in [1.807, 2.05) is 0 Å². The normalized spacial score (nSPS) is 21.6. The molecule has 2 heterocycles. The smallest absolute Gasteiger partial charge is 0.227 e. The quantitative estimate of drug-likeness (QED) is 0.876. The predicted molar refractivity (Wildman–Crippen MR) is 74.6 cm³/mol. The van der Waals surface area contributed by atoms with Crippen LogP contribution in [0, 0.1) is 0 Å². The molecule has 1 unspecified atom stereocenters. The fraction of sp³-hybridized carbons (Fsp3) is 0.692. The highest BCUT2D eigenvalue weighted by atomic mass is 15.3. The number of nitrogens with two attached hydrogens (primary N) is 1. The van der Waals surface area contributed by atoms with Crippen molar-refractivity contribution >= 4 is 11.8 Å². The summed E-state index contributed by atoms with van der Waals surface area (Å²) in [5.41, 5.74) is 5.72. The van der Waals surface area contributed by atoms with E-state index in [-0.39, 0.29) is 0 Å². The van der Waals surface area contributed by atoms with Gasteiger partial charge in [-0.2, -0.15) is 4.98 Å². The van der Waals surface area contributed by atoms with Crippen molar-refractivity contribution in [3.63, 3.8) is 0 Å². The number of hydrogen-bond acceptors (Lipinski definition) is 5. The molecule has 0 amide bonds. The van der Waals surface area contributed by atoms with Gasteiger partial charge in [0, 0.05) is 37.9 Å². The average molecular weight is 249 g/mol. The van der Waals surface area contributed by atoms with Gasteiger partial charge in [-0.25, -0.2) is 4.98 Å². The van der Waals surface area contributed by atoms with Crippen molar-refractivity contribution in [2.45, 2.75) is 39.3 Å². The Labute approximate surface area is 109 Å². The third-order valence-electron chi connectivity index (χ3n) is 3.61. The maximum atomic E-state index is 5.72. The molecule has 2 rings (SSSR count). The van der Waals surface area contributed by atoms with Gasteiger partial charge >= 0.3 is 0 Å². The van der Waals surface area contributed by atoms with E-state index in [0.29, 0.717) is 17.9 Å². The number of aromatic nitrogens is 2. The number of nitrogens with zero attached hydrogens (tertiary/aromatic N) is 4. The van der Waals surface area contributed by atoms with Crippen LogP contribution in [0.25, 0.3) is 0 Å². The second-order valence-electron chi connectivity index (χ2n) is 5.12. The van der Waals surface area contributed by atoms with E-state index >= 15 is 0 Å². The topological polar surface area (TPSA) is 58.3 Å². The lowest BCUT2D eigenvalue weighted by Crippen LogP contribution is -2.55. The zero-order valence-corrected chi connectivity index (χ0v) is 11.5. The highest BCUT2D eigenvalue weighted by Gasteiger charge is 2.28. The third-order valence-corrected chi connectivity index (χ3v) is 3.61. The van der Waals surface area contributed by atoms with Crippen LogP contribution in [0.4, 0.5) is 11.8 Å². The second kappa shape index (κ2) is 5.52. The Morgan fingerprint density at radius 3 is 2.83 bits per heavy atom. The molecule has 0 radical (unpaired) electrons. The molecular formula is C13H23N5. The first-order chi connectivity index (χ1) is 8.61. The Bertz CT molecular complexity index is 393. The highest BCUT2D eigenvalue weighted by Crippen LogP contribution is 2.19. The summed E-state index contributed by atoms with van der Waals surface area (Å²) in [5, 5.41) is 0. The Morgan fingerprint density at radius 2 is 2.22 bits per heavy atom. The van der Waals surface area contributed by atoms with Crippen molar-refractivity contribution in [3.05, 3.63) is 12.3 Å². The van der Waals surface area contributed by atoms with Gasteiger partial charge in [0.05, 0.1) is 0 Å². The number of rotatable bonds is 3. The second-order valence-corrected chi connectivity index (χ2v) is 5.12. The fourth-order valence-corrected chi connectivity index (χ4v) is 2.61. The zero-order chi connectivity index (χ0) is 13.1. The number of anilines is 2. The van der Waals surface area contributed by atoms with E-state index in [9.17, 15) is 0 Å². The van der Waals surface area contributed by atoms with Crippen LogP contribution >= 0.6 is 0 Å². The minimum absolute atomic E-state index is 0.541. The Hall–Kier alpha value is -1.36. The SMILES string of the molecule is CCC1CN(c2nccc(N)n2)CCN1C(C)C. The first-order valence-electron chi connectivity index (χ1n) is 6.71. The van der Waals surface area contributed by atoms with E-state index < -0.39 is 0 Å². The molecule has 0 bridgehead atoms. The molecular weight excluding hydrogens is 226 g/mol. The molecule has 100 valence electrons. The lowest BCUT2D eigenvalue weighted by atomic mass is 10.1. The van der Waals surface area contributed by atoms with E-state index in [1.165, 1.54) is 0 Å². The Balaban J connectivity index is 2.10. The molecule has 5 nitrogen and oxygen atoms in total. The fourth-order valence-electron chi connectivity index (χ4n) is 2.61. The highest BCUT2D eigenvalue weighted by molar-refractivity contribution is 5.38. The summed E-state index contributed by atoms with van der Waals surface area (Å²) in [7, 11) is 0. The molecule has 2 N–H and O–H groups in total. The van der Waals surface area contributed by atoms with Gasteiger partial charge in [-0.3, -0.25) is 4.90 Å². The number of piperazine rings is 1. The molecule has 1 fully saturated rings. The van der Waals surface area contributed by atoms with E-state index in [2.05, 4.69) is 40.5 Å². The van der Waals surface area contributed by atoms with Crippen LogP contribution in [0.15, 0.2) is 12.3 Å². The maximum Gasteiger partial charge on any atom is 0.227 e. The molecule has 18 heavy (non-hydrogen) atoms. The van der Waals surface area contributed by atoms with Crippen molar-refractivity contribution in [2.75, 3.05) is 30.3 Å². The minimum atomic E-state index is 0.541. The van der Waals surface area contributed by atoms with E-state index in [0.717, 1.165) is 32.0 Å². The molecule has 1 saturated heterocycles. The van der Waals surface area contributed by atoms with Crippen LogP contribution in [-0.4, -0.2) is 46.6 Å². The molecule has 1 aromatic rings. The first-order valence-corrected chi connectivity index (χ1v) is 6.71. The lowest BCUT2D eigenvalue weighted by Gasteiger charge is -2.43. The molecule has 1 aromatic heterocycles. The third kappa shape index (κ3) is 2.72. The lowest BCUT2D eigenvalue weighted by molar-refractivity contribution is 0.132. The van der Waals surface area contributed by atoms with Crippen LogP contribution in [0.5, 0.6) is 0 Å². The summed E-state index contributed by atoms with van der Waals surface area (Å²) in [6.07, 6.45) is 2.88. The molecule has 5 heteroatoms. The monoisotopic (exact) mass is 249 g/mol. The van der Waals surface area contributed by atoms with Gasteiger partial charge in [-0.05, 0) is 26.3 Å². The molecule has 0 aromatic carbocycles. The van der Waals surface area contributed by atoms with Crippen molar-refractivity contribution in [1.29, 1.82) is 0 Å². The van der Waals surface area contributed by atoms with Gasteiger partial charge < -0.3 is 10.6 Å². The van der Waals surface area contributed by atoms with Gasteiger partial charge in [0.1, 0.15) is 5.82 Å². The Kier molecular flexibility index (Phi) is 4.01. The number of hydrogen-bond donors (Lipinski definition) is 1. The van der Waals surface area contributed by atoms with Crippen molar-refractivity contribution in [3.8, 4) is 0 Å². The molecule has 0 saturated carbocycles. The summed E-state index contributed by atoms with van der Waals surface area (Å²) in [6.45, 7) is 9.78. The van der Waals surface area contributed by atoms with Gasteiger partial charge in [-0.15, -0.1) is 0 Å². The minimum Gasteiger partial charge on any atom is -0.384 e. The molecule has 1 aliphatic heterocycles. The van der Waals surface area contributed by atoms with Crippen LogP contribution in [0.3, 0.4) is 0 Å². The summed E-state index contributed by atoms with van der Waals surface area (Å²) in [4.78, 5) is 13.4. The summed E-state index contributed by atoms with van der Waals surface area (Å²) in [5.74, 6) is 1.30. The molecule has 0 aliphatic carbocycles. The van der Waals surface area contributed by atoms with Crippen molar-refractivity contribution < 1.29 is 0 Å². The van der Waals surface area contributed by atoms with Crippen LogP contribution in [-0.2, 0) is 0 Å². The first kappa shape index (κ1) is 13.1. The van der Waals surface area contributed by atoms with Crippen molar-refractivity contribution in [1.82, 2.24) is 14.9 Å². The maximum absolute atomic E-state index is 5.72. The standard InChI is InChI=1S/C13H23N5/c1-4-11-9-17(7-8-18(11)10(2)3)13-15-6-5-12(14)16-13/h5-6,10-11H,4,7-9H2,1-3H3,(H2,14,15,16). The van der Waals surface area contributed by atoms with Gasteiger partial charge in [-0.1, -0.05) is 6.92 Å². The largest absolute Gasteiger partial charge is 0.384 e. The van der Waals surface area contributed by atoms with Gasteiger partial charge in [0.15, 0.2) is 0 Å². The number of nitrogen functional groups attached to an aromatic ring is 1. The van der Waals surface area contributed by atoms with E-state index in [4.69, 9.17) is 5.73 Å². The summed E-state index contributed by atoms with van der Waals surface area (Å²) < 4.78 is 0.